The molecule has 1 aromatic heterocycles. The van der Waals surface area contributed by atoms with E-state index < -0.39 is 18.3 Å². The van der Waals surface area contributed by atoms with Crippen molar-refractivity contribution in [3.8, 4) is 34.3 Å². The smallest absolute Gasteiger partial charge is 0.482 e. The molecule has 4 rings (SSSR count). The zero-order valence-corrected chi connectivity index (χ0v) is 18.0. The Balaban J connectivity index is 1.52. The van der Waals surface area contributed by atoms with Gasteiger partial charge in [-0.25, -0.2) is 0 Å². The van der Waals surface area contributed by atoms with E-state index in [9.17, 15) is 23.4 Å². The van der Waals surface area contributed by atoms with Gasteiger partial charge < -0.3 is 28.9 Å². The first-order chi connectivity index (χ1) is 16.0. The van der Waals surface area contributed by atoms with Crippen molar-refractivity contribution in [2.75, 3.05) is 0 Å². The summed E-state index contributed by atoms with van der Waals surface area (Å²) in [7, 11) is 0. The van der Waals surface area contributed by atoms with Gasteiger partial charge in [0.05, 0.1) is 0 Å². The van der Waals surface area contributed by atoms with Crippen LogP contribution in [0.1, 0.15) is 13.8 Å². The number of benzene rings is 3. The van der Waals surface area contributed by atoms with Crippen LogP contribution >= 0.6 is 0 Å². The van der Waals surface area contributed by atoms with Crippen LogP contribution in [-0.2, 0) is 0 Å². The van der Waals surface area contributed by atoms with Crippen LogP contribution in [0.15, 0.2) is 71.3 Å². The van der Waals surface area contributed by atoms with E-state index in [4.69, 9.17) is 14.0 Å². The minimum absolute atomic E-state index is 0.331. The van der Waals surface area contributed by atoms with Gasteiger partial charge in [0.25, 0.3) is 0 Å². The van der Waals surface area contributed by atoms with Crippen LogP contribution in [-0.4, -0.2) is 33.6 Å². The van der Waals surface area contributed by atoms with Crippen LogP contribution in [0.2, 0.25) is 0 Å². The largest absolute Gasteiger partial charge is 0.573 e. The molecule has 0 fully saturated rings. The number of rotatable bonds is 7. The lowest BCUT2D eigenvalue weighted by Gasteiger charge is -2.28. The van der Waals surface area contributed by atoms with Crippen LogP contribution in [0, 0.1) is 0 Å². The standard InChI is InChI=1S/C24H20F3NO6/c1-23(2,22(29)30)32-18-5-3-4-16(12-18)31-17-10-11-19-20(13-17)34-28-21(19)14-6-8-15(9-7-14)33-24(25,26)27/h3-13,22,29-30H,1-2H3. The number of aliphatic hydroxyl groups excluding tert-OH is 1. The number of aromatic nitrogens is 1. The van der Waals surface area contributed by atoms with Crippen molar-refractivity contribution in [3.05, 3.63) is 66.7 Å². The second kappa shape index (κ2) is 8.88. The molecule has 0 aliphatic rings. The van der Waals surface area contributed by atoms with E-state index in [2.05, 4.69) is 9.89 Å². The molecule has 0 bridgehead atoms. The normalized spacial score (nSPS) is 12.2. The maximum atomic E-state index is 12.4. The van der Waals surface area contributed by atoms with Gasteiger partial charge in [0.2, 0.25) is 0 Å². The molecule has 0 amide bonds. The maximum absolute atomic E-state index is 12.4. The molecular formula is C24H20F3NO6. The predicted octanol–water partition coefficient (Wildman–Crippen LogP) is 5.65. The Hall–Kier alpha value is -3.76. The Bertz CT molecular complexity index is 1280. The molecule has 1 heterocycles. The third-order valence-electron chi connectivity index (χ3n) is 4.85. The highest BCUT2D eigenvalue weighted by molar-refractivity contribution is 5.92. The highest BCUT2D eigenvalue weighted by Gasteiger charge is 2.31. The molecule has 0 aliphatic carbocycles. The molecular weight excluding hydrogens is 455 g/mol. The fraction of sp³-hybridized carbons (Fsp3) is 0.208. The molecule has 0 unspecified atom stereocenters. The quantitative estimate of drug-likeness (QED) is 0.334. The van der Waals surface area contributed by atoms with Crippen LogP contribution in [0.4, 0.5) is 13.2 Å². The number of hydrogen-bond acceptors (Lipinski definition) is 7. The maximum Gasteiger partial charge on any atom is 0.573 e. The molecule has 0 saturated carbocycles. The van der Waals surface area contributed by atoms with E-state index in [1.54, 1.807) is 42.5 Å². The summed E-state index contributed by atoms with van der Waals surface area (Å²) in [5.74, 6) is 0.946. The Kier molecular flexibility index (Phi) is 6.11. The van der Waals surface area contributed by atoms with Crippen molar-refractivity contribution in [1.29, 1.82) is 0 Å². The second-order valence-electron chi connectivity index (χ2n) is 7.92. The summed E-state index contributed by atoms with van der Waals surface area (Å²) < 4.78 is 57.8. The average molecular weight is 475 g/mol. The number of alkyl halides is 3. The number of halogens is 3. The van der Waals surface area contributed by atoms with E-state index in [0.29, 0.717) is 39.5 Å². The van der Waals surface area contributed by atoms with E-state index >= 15 is 0 Å². The number of aliphatic hydroxyl groups is 2. The predicted molar refractivity (Wildman–Crippen MR) is 116 cm³/mol. The zero-order chi connectivity index (χ0) is 24.5. The van der Waals surface area contributed by atoms with Gasteiger partial charge in [-0.05, 0) is 62.4 Å². The number of hydrogen-bond donors (Lipinski definition) is 2. The van der Waals surface area contributed by atoms with Gasteiger partial charge in [0.1, 0.15) is 28.7 Å². The first kappa shape index (κ1) is 23.4. The molecule has 0 radical (unpaired) electrons. The van der Waals surface area contributed by atoms with Crippen LogP contribution in [0.25, 0.3) is 22.2 Å². The molecule has 0 saturated heterocycles. The van der Waals surface area contributed by atoms with Crippen LogP contribution in [0.3, 0.4) is 0 Å². The summed E-state index contributed by atoms with van der Waals surface area (Å²) >= 11 is 0. The Labute approximate surface area is 191 Å². The third-order valence-corrected chi connectivity index (χ3v) is 4.85. The van der Waals surface area contributed by atoms with Crippen molar-refractivity contribution in [1.82, 2.24) is 5.16 Å². The lowest BCUT2D eigenvalue weighted by molar-refractivity contribution is -0.274. The van der Waals surface area contributed by atoms with Gasteiger partial charge in [-0.3, -0.25) is 0 Å². The minimum Gasteiger partial charge on any atom is -0.482 e. The molecule has 0 spiro atoms. The summed E-state index contributed by atoms with van der Waals surface area (Å²) in [4.78, 5) is 0. The highest BCUT2D eigenvalue weighted by Crippen LogP contribution is 2.34. The van der Waals surface area contributed by atoms with Gasteiger partial charge in [0.15, 0.2) is 17.5 Å². The van der Waals surface area contributed by atoms with Gasteiger partial charge in [-0.2, -0.15) is 0 Å². The van der Waals surface area contributed by atoms with Crippen molar-refractivity contribution in [2.45, 2.75) is 32.1 Å². The monoisotopic (exact) mass is 475 g/mol. The van der Waals surface area contributed by atoms with E-state index in [1.807, 2.05) is 0 Å². The molecule has 0 aliphatic heterocycles. The van der Waals surface area contributed by atoms with E-state index in [1.165, 1.54) is 38.1 Å². The zero-order valence-electron chi connectivity index (χ0n) is 18.0. The van der Waals surface area contributed by atoms with Crippen molar-refractivity contribution in [3.63, 3.8) is 0 Å². The molecule has 4 aromatic rings. The minimum atomic E-state index is -4.76. The van der Waals surface area contributed by atoms with Crippen LogP contribution in [0.5, 0.6) is 23.0 Å². The number of fused-ring (bicyclic) bond motifs is 1. The van der Waals surface area contributed by atoms with Crippen LogP contribution < -0.4 is 14.2 Å². The van der Waals surface area contributed by atoms with Gasteiger partial charge in [-0.1, -0.05) is 11.2 Å². The van der Waals surface area contributed by atoms with Crippen molar-refractivity contribution in [2.24, 2.45) is 0 Å². The average Bonchev–Trinajstić information content (AvgIpc) is 3.16. The summed E-state index contributed by atoms with van der Waals surface area (Å²) in [5, 5.41) is 23.5. The third kappa shape index (κ3) is 5.41. The van der Waals surface area contributed by atoms with Gasteiger partial charge in [-0.15, -0.1) is 13.2 Å². The Morgan fingerprint density at radius 2 is 1.47 bits per heavy atom. The van der Waals surface area contributed by atoms with Crippen molar-refractivity contribution >= 4 is 11.0 Å². The molecule has 2 N–H and O–H groups in total. The first-order valence-electron chi connectivity index (χ1n) is 10.1. The number of ether oxygens (including phenoxy) is 3. The van der Waals surface area contributed by atoms with Crippen molar-refractivity contribution < 1.29 is 42.1 Å². The summed E-state index contributed by atoms with van der Waals surface area (Å²) in [6.07, 6.45) is -6.44. The summed E-state index contributed by atoms with van der Waals surface area (Å²) in [6.45, 7) is 3.08. The summed E-state index contributed by atoms with van der Waals surface area (Å²) in [5.41, 5.74) is 0.214. The van der Waals surface area contributed by atoms with E-state index in [0.717, 1.165) is 0 Å². The van der Waals surface area contributed by atoms with E-state index in [-0.39, 0.29) is 5.75 Å². The molecule has 34 heavy (non-hydrogen) atoms. The Morgan fingerprint density at radius 3 is 2.15 bits per heavy atom. The second-order valence-corrected chi connectivity index (χ2v) is 7.92. The molecule has 10 heteroatoms. The lowest BCUT2D eigenvalue weighted by Crippen LogP contribution is -2.41. The van der Waals surface area contributed by atoms with Gasteiger partial charge >= 0.3 is 6.36 Å². The first-order valence-corrected chi connectivity index (χ1v) is 10.1. The fourth-order valence-electron chi connectivity index (χ4n) is 3.10. The fourth-order valence-corrected chi connectivity index (χ4v) is 3.10. The van der Waals surface area contributed by atoms with Gasteiger partial charge in [0, 0.05) is 23.1 Å². The topological polar surface area (TPSA) is 94.2 Å². The molecule has 0 atom stereocenters. The highest BCUT2D eigenvalue weighted by atomic mass is 19.4. The molecule has 7 nitrogen and oxygen atoms in total. The number of nitrogens with zero attached hydrogens (tertiary/aromatic N) is 1. The lowest BCUT2D eigenvalue weighted by atomic mass is 10.1. The molecule has 178 valence electrons. The summed E-state index contributed by atoms with van der Waals surface area (Å²) in [6, 6.07) is 17.0. The SMILES string of the molecule is CC(C)(Oc1cccc(Oc2ccc3c(-c4ccc(OC(F)(F)F)cc4)noc3c2)c1)C(O)O. The molecule has 3 aromatic carbocycles. The Morgan fingerprint density at radius 1 is 0.824 bits per heavy atom.